The minimum atomic E-state index is -1.24. The van der Waals surface area contributed by atoms with Crippen molar-refractivity contribution in [2.75, 3.05) is 0 Å². The fourth-order valence-electron chi connectivity index (χ4n) is 2.21. The summed E-state index contributed by atoms with van der Waals surface area (Å²) in [5.74, 6) is -0.849. The van der Waals surface area contributed by atoms with Crippen molar-refractivity contribution in [3.8, 4) is 11.5 Å². The fraction of sp³-hybridized carbons (Fsp3) is 0.562. The van der Waals surface area contributed by atoms with E-state index in [0.717, 1.165) is 0 Å². The molecule has 124 valence electrons. The quantitative estimate of drug-likeness (QED) is 0.434. The Morgan fingerprint density at radius 3 is 2.23 bits per heavy atom. The number of carbonyl (C=O) groups excluding carboxylic acids is 1. The maximum Gasteiger partial charge on any atom is 0.169 e. The van der Waals surface area contributed by atoms with Crippen LogP contribution in [0.4, 0.5) is 0 Å². The largest absolute Gasteiger partial charge is 0.507 e. The number of phenols is 2. The second-order valence-electron chi connectivity index (χ2n) is 6.58. The van der Waals surface area contributed by atoms with E-state index in [4.69, 9.17) is 0 Å². The molecule has 0 radical (unpaired) electrons. The maximum absolute atomic E-state index is 12.2. The number of aliphatic hydroxyl groups is 2. The number of carbonyl (C=O) groups is 1. The van der Waals surface area contributed by atoms with Gasteiger partial charge >= 0.3 is 0 Å². The van der Waals surface area contributed by atoms with Gasteiger partial charge in [0.1, 0.15) is 11.5 Å². The number of Topliss-reactive ketones (excluding diaryl/α,β-unsaturated/α-hetero) is 1. The zero-order valence-corrected chi connectivity index (χ0v) is 14.6. The molecule has 0 amide bonds. The number of rotatable bonds is 7. The molecule has 0 bridgehead atoms. The van der Waals surface area contributed by atoms with Gasteiger partial charge < -0.3 is 20.4 Å². The molecule has 5 nitrogen and oxygen atoms in total. The Kier molecular flexibility index (Phi) is 6.01. The minimum absolute atomic E-state index is 0.0246. The van der Waals surface area contributed by atoms with Crippen molar-refractivity contribution in [3.05, 3.63) is 22.2 Å². The lowest BCUT2D eigenvalue weighted by Gasteiger charge is -2.25. The third-order valence-corrected chi connectivity index (χ3v) is 4.05. The highest BCUT2D eigenvalue weighted by Gasteiger charge is 2.27. The molecule has 0 spiro atoms. The van der Waals surface area contributed by atoms with Crippen LogP contribution in [-0.2, 0) is 0 Å². The predicted octanol–water partition coefficient (Wildman–Crippen LogP) is 3.13. The normalized spacial score (nSPS) is 14.6. The van der Waals surface area contributed by atoms with E-state index >= 15 is 0 Å². The molecule has 1 rings (SSSR count). The van der Waals surface area contributed by atoms with E-state index in [1.807, 2.05) is 0 Å². The number of hydrogen-bond donors (Lipinski definition) is 4. The zero-order valence-electron chi connectivity index (χ0n) is 13.1. The van der Waals surface area contributed by atoms with Crippen molar-refractivity contribution >= 4 is 21.7 Å². The van der Waals surface area contributed by atoms with Crippen LogP contribution in [0.5, 0.6) is 11.5 Å². The van der Waals surface area contributed by atoms with E-state index in [0.29, 0.717) is 23.7 Å². The fourth-order valence-corrected chi connectivity index (χ4v) is 2.54. The molecule has 6 heteroatoms. The monoisotopic (exact) mass is 374 g/mol. The molecular weight excluding hydrogens is 352 g/mol. The topological polar surface area (TPSA) is 98.0 Å². The Labute approximate surface area is 138 Å². The summed E-state index contributed by atoms with van der Waals surface area (Å²) in [5, 5.41) is 39.3. The summed E-state index contributed by atoms with van der Waals surface area (Å²) in [5.41, 5.74) is -2.07. The number of ketones is 1. The highest BCUT2D eigenvalue weighted by molar-refractivity contribution is 9.10. The molecule has 22 heavy (non-hydrogen) atoms. The summed E-state index contributed by atoms with van der Waals surface area (Å²) in [6, 6.07) is 2.42. The second kappa shape index (κ2) is 6.98. The van der Waals surface area contributed by atoms with Crippen molar-refractivity contribution in [2.24, 2.45) is 0 Å². The van der Waals surface area contributed by atoms with Crippen LogP contribution in [-0.4, -0.2) is 37.4 Å². The molecule has 1 unspecified atom stereocenters. The third-order valence-electron chi connectivity index (χ3n) is 3.41. The van der Waals surface area contributed by atoms with Gasteiger partial charge in [0.15, 0.2) is 5.78 Å². The van der Waals surface area contributed by atoms with Gasteiger partial charge in [0.05, 0.1) is 21.2 Å². The van der Waals surface area contributed by atoms with E-state index in [-0.39, 0.29) is 23.5 Å². The van der Waals surface area contributed by atoms with E-state index in [1.165, 1.54) is 12.1 Å². The second-order valence-corrected chi connectivity index (χ2v) is 7.44. The molecule has 0 aliphatic heterocycles. The standard InChI is InChI=1S/C16H23BrO5/c1-15(2,21)5-4-6-16(3,22)9-14(20)10-7-13(19)11(17)8-12(10)18/h7-8,18-19,21-22H,4-6,9H2,1-3H3. The van der Waals surface area contributed by atoms with Gasteiger partial charge in [0.25, 0.3) is 0 Å². The number of hydrogen-bond acceptors (Lipinski definition) is 5. The van der Waals surface area contributed by atoms with Crippen molar-refractivity contribution in [3.63, 3.8) is 0 Å². The first-order valence-corrected chi connectivity index (χ1v) is 7.90. The van der Waals surface area contributed by atoms with Crippen molar-refractivity contribution < 1.29 is 25.2 Å². The smallest absolute Gasteiger partial charge is 0.169 e. The van der Waals surface area contributed by atoms with E-state index in [2.05, 4.69) is 15.9 Å². The van der Waals surface area contributed by atoms with Crippen molar-refractivity contribution in [2.45, 2.75) is 57.7 Å². The van der Waals surface area contributed by atoms with Crippen LogP contribution >= 0.6 is 15.9 Å². The number of benzene rings is 1. The molecule has 4 N–H and O–H groups in total. The van der Waals surface area contributed by atoms with Gasteiger partial charge in [0, 0.05) is 6.42 Å². The maximum atomic E-state index is 12.2. The molecule has 0 aromatic heterocycles. The van der Waals surface area contributed by atoms with E-state index < -0.39 is 17.0 Å². The molecule has 0 heterocycles. The van der Waals surface area contributed by atoms with E-state index in [1.54, 1.807) is 20.8 Å². The molecule has 0 aliphatic carbocycles. The van der Waals surface area contributed by atoms with Crippen LogP contribution in [0, 0.1) is 0 Å². The molecule has 1 aromatic rings. The highest BCUT2D eigenvalue weighted by atomic mass is 79.9. The van der Waals surface area contributed by atoms with Crippen LogP contribution in [0.25, 0.3) is 0 Å². The third kappa shape index (κ3) is 5.94. The van der Waals surface area contributed by atoms with Crippen LogP contribution in [0.15, 0.2) is 16.6 Å². The molecule has 0 aliphatic rings. The Hall–Kier alpha value is -1.11. The van der Waals surface area contributed by atoms with Gasteiger partial charge in [-0.25, -0.2) is 0 Å². The lowest BCUT2D eigenvalue weighted by atomic mass is 9.88. The lowest BCUT2D eigenvalue weighted by molar-refractivity contribution is 0.0247. The molecule has 0 fully saturated rings. The SMILES string of the molecule is CC(C)(O)CCCC(C)(O)CC(=O)c1cc(O)c(Br)cc1O. The first-order valence-electron chi connectivity index (χ1n) is 7.11. The first kappa shape index (κ1) is 18.9. The summed E-state index contributed by atoms with van der Waals surface area (Å²) in [4.78, 5) is 12.2. The van der Waals surface area contributed by atoms with Gasteiger partial charge in [-0.05, 0) is 68.1 Å². The van der Waals surface area contributed by atoms with Crippen LogP contribution in [0.3, 0.4) is 0 Å². The highest BCUT2D eigenvalue weighted by Crippen LogP contribution is 2.33. The Morgan fingerprint density at radius 1 is 1.09 bits per heavy atom. The number of phenolic OH excluding ortho intramolecular Hbond substituents is 2. The van der Waals surface area contributed by atoms with Gasteiger partial charge in [-0.1, -0.05) is 0 Å². The van der Waals surface area contributed by atoms with Crippen molar-refractivity contribution in [1.82, 2.24) is 0 Å². The lowest BCUT2D eigenvalue weighted by Crippen LogP contribution is -2.29. The van der Waals surface area contributed by atoms with Gasteiger partial charge in [0.2, 0.25) is 0 Å². The van der Waals surface area contributed by atoms with Crippen molar-refractivity contribution in [1.29, 1.82) is 0 Å². The average Bonchev–Trinajstić information content (AvgIpc) is 2.30. The number of halogens is 1. The Morgan fingerprint density at radius 2 is 1.68 bits per heavy atom. The van der Waals surface area contributed by atoms with Crippen LogP contribution in [0.1, 0.15) is 56.8 Å². The summed E-state index contributed by atoms with van der Waals surface area (Å²) >= 11 is 3.05. The summed E-state index contributed by atoms with van der Waals surface area (Å²) in [7, 11) is 0. The van der Waals surface area contributed by atoms with E-state index in [9.17, 15) is 25.2 Å². The minimum Gasteiger partial charge on any atom is -0.507 e. The van der Waals surface area contributed by atoms with Gasteiger partial charge in [-0.15, -0.1) is 0 Å². The molecule has 0 saturated heterocycles. The first-order chi connectivity index (χ1) is 9.91. The molecule has 0 saturated carbocycles. The molecule has 1 atom stereocenters. The van der Waals surface area contributed by atoms with Crippen LogP contribution in [0.2, 0.25) is 0 Å². The summed E-state index contributed by atoms with van der Waals surface area (Å²) in [6.45, 7) is 4.93. The van der Waals surface area contributed by atoms with Crippen LogP contribution < -0.4 is 0 Å². The Bertz CT molecular complexity index is 546. The van der Waals surface area contributed by atoms with Gasteiger partial charge in [-0.3, -0.25) is 4.79 Å². The predicted molar refractivity (Wildman–Crippen MR) is 87.2 cm³/mol. The van der Waals surface area contributed by atoms with Gasteiger partial charge in [-0.2, -0.15) is 0 Å². The number of aromatic hydroxyl groups is 2. The Balaban J connectivity index is 2.73. The molecule has 1 aromatic carbocycles. The summed E-state index contributed by atoms with van der Waals surface area (Å²) in [6.07, 6.45) is 1.27. The summed E-state index contributed by atoms with van der Waals surface area (Å²) < 4.78 is 0.290. The molecular formula is C16H23BrO5. The average molecular weight is 375 g/mol. The zero-order chi connectivity index (χ0) is 17.1.